The number of carbonyl (C=O) groups excluding carboxylic acids is 1. The fourth-order valence-electron chi connectivity index (χ4n) is 1.80. The fourth-order valence-corrected chi connectivity index (χ4v) is 1.80. The molecular weight excluding hydrogens is 298 g/mol. The number of hydrogen-bond acceptors (Lipinski definition) is 4. The molecule has 1 aromatic rings. The van der Waals surface area contributed by atoms with Crippen LogP contribution in [0.3, 0.4) is 0 Å². The molecule has 1 rings (SSSR count). The van der Waals surface area contributed by atoms with E-state index in [0.717, 1.165) is 5.56 Å². The standard InChI is InChI=1S/C17H23NO5/c1-5-10-22-16(21)18-14(15(19)20)11-12-6-8-13(9-7-12)23-17(2,3)4/h5-9,14H,1,10-11H2,2-4H3,(H,18,21)(H,19,20)/t14-/m0/s1. The second-order valence-electron chi connectivity index (χ2n) is 5.98. The third-order valence-electron chi connectivity index (χ3n) is 2.71. The van der Waals surface area contributed by atoms with E-state index < -0.39 is 18.1 Å². The molecule has 6 nitrogen and oxygen atoms in total. The lowest BCUT2D eigenvalue weighted by molar-refractivity contribution is -0.139. The summed E-state index contributed by atoms with van der Waals surface area (Å²) in [6, 6.07) is 6.02. The second kappa shape index (κ2) is 8.22. The first-order valence-corrected chi connectivity index (χ1v) is 7.26. The molecule has 0 spiro atoms. The Morgan fingerprint density at radius 3 is 2.39 bits per heavy atom. The number of carbonyl (C=O) groups is 2. The third kappa shape index (κ3) is 7.35. The highest BCUT2D eigenvalue weighted by Crippen LogP contribution is 2.19. The van der Waals surface area contributed by atoms with Gasteiger partial charge in [-0.2, -0.15) is 0 Å². The van der Waals surface area contributed by atoms with Crippen molar-refractivity contribution in [3.05, 3.63) is 42.5 Å². The van der Waals surface area contributed by atoms with Crippen LogP contribution in [0.5, 0.6) is 5.75 Å². The number of hydrogen-bond donors (Lipinski definition) is 2. The topological polar surface area (TPSA) is 84.9 Å². The van der Waals surface area contributed by atoms with Crippen molar-refractivity contribution in [2.75, 3.05) is 6.61 Å². The van der Waals surface area contributed by atoms with Crippen molar-refractivity contribution >= 4 is 12.1 Å². The lowest BCUT2D eigenvalue weighted by atomic mass is 10.1. The van der Waals surface area contributed by atoms with E-state index in [9.17, 15) is 14.7 Å². The maximum absolute atomic E-state index is 11.5. The van der Waals surface area contributed by atoms with E-state index in [1.165, 1.54) is 6.08 Å². The highest BCUT2D eigenvalue weighted by molar-refractivity contribution is 5.80. The first kappa shape index (κ1) is 18.5. The molecule has 0 aromatic heterocycles. The Morgan fingerprint density at radius 2 is 1.91 bits per heavy atom. The molecule has 6 heteroatoms. The summed E-state index contributed by atoms with van der Waals surface area (Å²) in [5, 5.41) is 11.5. The number of rotatable bonds is 7. The number of benzene rings is 1. The summed E-state index contributed by atoms with van der Waals surface area (Å²) in [5.41, 5.74) is 0.462. The molecule has 1 amide bonds. The van der Waals surface area contributed by atoms with Crippen molar-refractivity contribution in [1.82, 2.24) is 5.32 Å². The average molecular weight is 321 g/mol. The van der Waals surface area contributed by atoms with Crippen molar-refractivity contribution < 1.29 is 24.2 Å². The highest BCUT2D eigenvalue weighted by Gasteiger charge is 2.21. The minimum Gasteiger partial charge on any atom is -0.488 e. The first-order valence-electron chi connectivity index (χ1n) is 7.26. The summed E-state index contributed by atoms with van der Waals surface area (Å²) in [7, 11) is 0. The fraction of sp³-hybridized carbons (Fsp3) is 0.412. The van der Waals surface area contributed by atoms with E-state index in [0.29, 0.717) is 5.75 Å². The van der Waals surface area contributed by atoms with Gasteiger partial charge in [-0.3, -0.25) is 0 Å². The van der Waals surface area contributed by atoms with Gasteiger partial charge in [-0.25, -0.2) is 9.59 Å². The lowest BCUT2D eigenvalue weighted by Gasteiger charge is -2.21. The van der Waals surface area contributed by atoms with E-state index in [1.54, 1.807) is 24.3 Å². The van der Waals surface area contributed by atoms with Crippen LogP contribution in [0.1, 0.15) is 26.3 Å². The molecule has 23 heavy (non-hydrogen) atoms. The smallest absolute Gasteiger partial charge is 0.408 e. The van der Waals surface area contributed by atoms with Gasteiger partial charge in [0.1, 0.15) is 24.0 Å². The number of aliphatic carboxylic acids is 1. The minimum atomic E-state index is -1.13. The van der Waals surface area contributed by atoms with E-state index in [4.69, 9.17) is 9.47 Å². The van der Waals surface area contributed by atoms with Crippen molar-refractivity contribution in [2.45, 2.75) is 38.8 Å². The SMILES string of the molecule is C=CCOC(=O)N[C@@H](Cc1ccc(OC(C)(C)C)cc1)C(=O)O. The van der Waals surface area contributed by atoms with Crippen LogP contribution in [0.4, 0.5) is 4.79 Å². The summed E-state index contributed by atoms with van der Waals surface area (Å²) in [5.74, 6) is -0.429. The van der Waals surface area contributed by atoms with Gasteiger partial charge >= 0.3 is 12.1 Å². The Morgan fingerprint density at radius 1 is 1.30 bits per heavy atom. The predicted octanol–water partition coefficient (Wildman–Crippen LogP) is 2.77. The molecule has 0 saturated heterocycles. The van der Waals surface area contributed by atoms with Gasteiger partial charge in [0.05, 0.1) is 0 Å². The largest absolute Gasteiger partial charge is 0.488 e. The molecule has 0 saturated carbocycles. The van der Waals surface area contributed by atoms with Gasteiger partial charge < -0.3 is 19.9 Å². The molecule has 0 unspecified atom stereocenters. The van der Waals surface area contributed by atoms with Gasteiger partial charge in [0.25, 0.3) is 0 Å². The Bertz CT molecular complexity index is 545. The van der Waals surface area contributed by atoms with E-state index in [-0.39, 0.29) is 18.6 Å². The number of alkyl carbamates (subject to hydrolysis) is 1. The molecule has 1 atom stereocenters. The molecule has 0 heterocycles. The van der Waals surface area contributed by atoms with Gasteiger partial charge in [-0.1, -0.05) is 24.8 Å². The lowest BCUT2D eigenvalue weighted by Crippen LogP contribution is -2.42. The number of carboxylic acid groups (broad SMARTS) is 1. The molecule has 0 fully saturated rings. The quantitative estimate of drug-likeness (QED) is 0.754. The maximum Gasteiger partial charge on any atom is 0.408 e. The zero-order valence-electron chi connectivity index (χ0n) is 13.7. The van der Waals surface area contributed by atoms with Crippen LogP contribution in [0, 0.1) is 0 Å². The summed E-state index contributed by atoms with van der Waals surface area (Å²) in [6.45, 7) is 9.27. The number of amides is 1. The predicted molar refractivity (Wildman–Crippen MR) is 86.6 cm³/mol. The monoisotopic (exact) mass is 321 g/mol. The van der Waals surface area contributed by atoms with Crippen molar-refractivity contribution in [3.63, 3.8) is 0 Å². The summed E-state index contributed by atoms with van der Waals surface area (Å²) < 4.78 is 10.4. The van der Waals surface area contributed by atoms with Crippen molar-refractivity contribution in [2.24, 2.45) is 0 Å². The van der Waals surface area contributed by atoms with Crippen LogP contribution in [-0.4, -0.2) is 35.4 Å². The van der Waals surface area contributed by atoms with Crippen LogP contribution >= 0.6 is 0 Å². The average Bonchev–Trinajstić information content (AvgIpc) is 2.44. The molecule has 0 aliphatic carbocycles. The van der Waals surface area contributed by atoms with Gasteiger partial charge in [0, 0.05) is 6.42 Å². The van der Waals surface area contributed by atoms with Crippen LogP contribution < -0.4 is 10.1 Å². The number of ether oxygens (including phenoxy) is 2. The molecule has 1 aromatic carbocycles. The Balaban J connectivity index is 2.68. The normalized spacial score (nSPS) is 12.1. The molecule has 0 aliphatic heterocycles. The van der Waals surface area contributed by atoms with Crippen LogP contribution in [0.15, 0.2) is 36.9 Å². The summed E-state index contributed by atoms with van der Waals surface area (Å²) in [4.78, 5) is 22.7. The minimum absolute atomic E-state index is 0.0248. The van der Waals surface area contributed by atoms with Gasteiger partial charge in [0.15, 0.2) is 0 Å². The van der Waals surface area contributed by atoms with Crippen molar-refractivity contribution in [3.8, 4) is 5.75 Å². The third-order valence-corrected chi connectivity index (χ3v) is 2.71. The molecule has 2 N–H and O–H groups in total. The molecule has 0 radical (unpaired) electrons. The Hall–Kier alpha value is -2.50. The maximum atomic E-state index is 11.5. The van der Waals surface area contributed by atoms with Gasteiger partial charge in [-0.15, -0.1) is 0 Å². The van der Waals surface area contributed by atoms with Crippen LogP contribution in [-0.2, 0) is 16.0 Å². The number of carboxylic acids is 1. The zero-order chi connectivity index (χ0) is 17.5. The Kier molecular flexibility index (Phi) is 6.63. The summed E-state index contributed by atoms with van der Waals surface area (Å²) in [6.07, 6.45) is 0.766. The van der Waals surface area contributed by atoms with E-state index >= 15 is 0 Å². The Labute approximate surface area is 136 Å². The zero-order valence-corrected chi connectivity index (χ0v) is 13.7. The summed E-state index contributed by atoms with van der Waals surface area (Å²) >= 11 is 0. The van der Waals surface area contributed by atoms with Gasteiger partial charge in [-0.05, 0) is 38.5 Å². The molecule has 0 aliphatic rings. The van der Waals surface area contributed by atoms with Crippen LogP contribution in [0.25, 0.3) is 0 Å². The van der Waals surface area contributed by atoms with Gasteiger partial charge in [0.2, 0.25) is 0 Å². The molecular formula is C17H23NO5. The first-order chi connectivity index (χ1) is 10.7. The number of nitrogens with one attached hydrogen (secondary N) is 1. The second-order valence-corrected chi connectivity index (χ2v) is 5.98. The molecule has 0 bridgehead atoms. The molecule has 126 valence electrons. The highest BCUT2D eigenvalue weighted by atomic mass is 16.5. The van der Waals surface area contributed by atoms with Crippen molar-refractivity contribution in [1.29, 1.82) is 0 Å². The van der Waals surface area contributed by atoms with Crippen LogP contribution in [0.2, 0.25) is 0 Å². The van der Waals surface area contributed by atoms with E-state index in [1.807, 2.05) is 20.8 Å². The van der Waals surface area contributed by atoms with E-state index in [2.05, 4.69) is 11.9 Å².